The summed E-state index contributed by atoms with van der Waals surface area (Å²) in [6.07, 6.45) is 4.99. The number of halogens is 1. The molecule has 1 aliphatic heterocycles. The summed E-state index contributed by atoms with van der Waals surface area (Å²) in [4.78, 5) is 0.272. The Bertz CT molecular complexity index is 759. The van der Waals surface area contributed by atoms with E-state index in [1.54, 1.807) is 24.3 Å². The van der Waals surface area contributed by atoms with Crippen molar-refractivity contribution in [3.63, 3.8) is 0 Å². The molecule has 0 spiro atoms. The molecule has 1 atom stereocenters. The highest BCUT2D eigenvalue weighted by Crippen LogP contribution is 2.38. The minimum absolute atomic E-state index is 0.0817. The van der Waals surface area contributed by atoms with E-state index in [4.69, 9.17) is 0 Å². The fourth-order valence-corrected chi connectivity index (χ4v) is 4.85. The van der Waals surface area contributed by atoms with Crippen LogP contribution in [0.4, 0.5) is 4.39 Å². The number of fused-ring (bicyclic) bond motifs is 1. The zero-order chi connectivity index (χ0) is 16.6. The van der Waals surface area contributed by atoms with Crippen LogP contribution in [-0.2, 0) is 10.0 Å². The molecule has 0 aromatic heterocycles. The maximum absolute atomic E-state index is 14.0. The number of benzene rings is 1. The topological polar surface area (TPSA) is 37.4 Å². The molecular weight excluding hydrogens is 313 g/mol. The molecule has 124 valence electrons. The number of hydrogen-bond acceptors (Lipinski definition) is 2. The molecule has 0 saturated carbocycles. The Hall–Kier alpha value is -1.46. The largest absolute Gasteiger partial charge is 0.243 e. The van der Waals surface area contributed by atoms with Crippen LogP contribution in [0, 0.1) is 12.8 Å². The highest BCUT2D eigenvalue weighted by molar-refractivity contribution is 7.89. The number of allylic oxidation sites excluding steroid dienone is 2. The van der Waals surface area contributed by atoms with Crippen molar-refractivity contribution in [3.05, 3.63) is 52.9 Å². The molecule has 23 heavy (non-hydrogen) atoms. The molecule has 2 aliphatic rings. The second-order valence-electron chi connectivity index (χ2n) is 6.41. The molecule has 1 aromatic carbocycles. The van der Waals surface area contributed by atoms with Gasteiger partial charge in [-0.05, 0) is 50.8 Å². The summed E-state index contributed by atoms with van der Waals surface area (Å²) in [7, 11) is -3.60. The van der Waals surface area contributed by atoms with Crippen molar-refractivity contribution in [1.29, 1.82) is 0 Å². The number of aryl methyl sites for hydroxylation is 1. The molecule has 3 rings (SSSR count). The molecule has 1 saturated heterocycles. The van der Waals surface area contributed by atoms with E-state index in [1.807, 2.05) is 6.92 Å². The van der Waals surface area contributed by atoms with Crippen LogP contribution in [0.25, 0.3) is 0 Å². The van der Waals surface area contributed by atoms with Crippen LogP contribution in [-0.4, -0.2) is 25.8 Å². The van der Waals surface area contributed by atoms with Crippen LogP contribution in [0.5, 0.6) is 0 Å². The van der Waals surface area contributed by atoms with Crippen molar-refractivity contribution in [2.75, 3.05) is 13.1 Å². The molecule has 1 heterocycles. The quantitative estimate of drug-likeness (QED) is 0.767. The molecule has 1 aliphatic carbocycles. The van der Waals surface area contributed by atoms with Gasteiger partial charge >= 0.3 is 0 Å². The van der Waals surface area contributed by atoms with E-state index in [0.29, 0.717) is 12.1 Å². The first-order valence-electron chi connectivity index (χ1n) is 8.00. The molecule has 0 amide bonds. The molecule has 0 N–H and O–H groups in total. The fraction of sp³-hybridized carbons (Fsp3) is 0.444. The second-order valence-corrected chi connectivity index (χ2v) is 8.35. The lowest BCUT2D eigenvalue weighted by molar-refractivity contribution is 0.371. The van der Waals surface area contributed by atoms with Gasteiger partial charge < -0.3 is 0 Å². The Labute approximate surface area is 137 Å². The summed E-state index contributed by atoms with van der Waals surface area (Å²) in [5.41, 5.74) is 2.68. The van der Waals surface area contributed by atoms with Crippen molar-refractivity contribution in [2.24, 2.45) is 5.92 Å². The standard InChI is InChI=1S/C18H22FNO2S/c1-13-7-9-16(10-8-13)23(21,22)20-11-15-5-3-4-6-17(15)18(12-20)14(2)19/h5,7-10,17H,3-4,6,11-12H2,1-2H3/b18-14+. The molecule has 0 radical (unpaired) electrons. The third-order valence-electron chi connectivity index (χ3n) is 4.78. The van der Waals surface area contributed by atoms with E-state index in [9.17, 15) is 12.8 Å². The maximum atomic E-state index is 14.0. The molecular formula is C18H22FNO2S. The predicted octanol–water partition coefficient (Wildman–Crippen LogP) is 3.97. The maximum Gasteiger partial charge on any atom is 0.243 e. The van der Waals surface area contributed by atoms with E-state index in [0.717, 1.165) is 30.4 Å². The van der Waals surface area contributed by atoms with E-state index in [1.165, 1.54) is 11.2 Å². The van der Waals surface area contributed by atoms with Gasteiger partial charge in [0.15, 0.2) is 0 Å². The Morgan fingerprint density at radius 2 is 1.91 bits per heavy atom. The van der Waals surface area contributed by atoms with E-state index >= 15 is 0 Å². The first-order chi connectivity index (χ1) is 10.9. The summed E-state index contributed by atoms with van der Waals surface area (Å²) in [5.74, 6) is -0.162. The number of nitrogens with zero attached hydrogens (tertiary/aromatic N) is 1. The van der Waals surface area contributed by atoms with E-state index in [-0.39, 0.29) is 23.2 Å². The van der Waals surface area contributed by atoms with Crippen LogP contribution in [0.2, 0.25) is 0 Å². The summed E-state index contributed by atoms with van der Waals surface area (Å²) in [5, 5.41) is 0. The zero-order valence-electron chi connectivity index (χ0n) is 13.5. The van der Waals surface area contributed by atoms with Crippen LogP contribution in [0.15, 0.2) is 52.2 Å². The fourth-order valence-electron chi connectivity index (χ4n) is 3.45. The van der Waals surface area contributed by atoms with Crippen molar-refractivity contribution in [3.8, 4) is 0 Å². The lowest BCUT2D eigenvalue weighted by Crippen LogP contribution is -2.42. The van der Waals surface area contributed by atoms with Gasteiger partial charge in [-0.2, -0.15) is 4.31 Å². The van der Waals surface area contributed by atoms with Crippen molar-refractivity contribution >= 4 is 10.0 Å². The van der Waals surface area contributed by atoms with Crippen LogP contribution >= 0.6 is 0 Å². The first kappa shape index (κ1) is 16.4. The monoisotopic (exact) mass is 335 g/mol. The molecule has 1 fully saturated rings. The molecule has 3 nitrogen and oxygen atoms in total. The number of sulfonamides is 1. The van der Waals surface area contributed by atoms with Crippen LogP contribution < -0.4 is 0 Å². The van der Waals surface area contributed by atoms with Crippen molar-refractivity contribution in [2.45, 2.75) is 38.0 Å². The Morgan fingerprint density at radius 1 is 1.22 bits per heavy atom. The normalized spacial score (nSPS) is 24.8. The average molecular weight is 335 g/mol. The molecule has 1 unspecified atom stereocenters. The summed E-state index contributed by atoms with van der Waals surface area (Å²) in [6, 6.07) is 6.82. The number of rotatable bonds is 2. The number of piperidine rings is 1. The van der Waals surface area contributed by atoms with Gasteiger partial charge in [0.25, 0.3) is 0 Å². The highest BCUT2D eigenvalue weighted by Gasteiger charge is 2.36. The van der Waals surface area contributed by atoms with Gasteiger partial charge in [-0.25, -0.2) is 12.8 Å². The third-order valence-corrected chi connectivity index (χ3v) is 6.58. The van der Waals surface area contributed by atoms with Gasteiger partial charge in [0.05, 0.1) is 10.7 Å². The van der Waals surface area contributed by atoms with Gasteiger partial charge in [0, 0.05) is 19.0 Å². The third kappa shape index (κ3) is 3.12. The van der Waals surface area contributed by atoms with Crippen molar-refractivity contribution in [1.82, 2.24) is 4.31 Å². The van der Waals surface area contributed by atoms with E-state index < -0.39 is 10.0 Å². The Balaban J connectivity index is 1.98. The Morgan fingerprint density at radius 3 is 2.57 bits per heavy atom. The molecule has 5 heteroatoms. The van der Waals surface area contributed by atoms with Gasteiger partial charge in [-0.15, -0.1) is 0 Å². The lowest BCUT2D eigenvalue weighted by Gasteiger charge is -2.37. The lowest BCUT2D eigenvalue weighted by atomic mass is 9.79. The Kier molecular flexibility index (Phi) is 4.43. The predicted molar refractivity (Wildman–Crippen MR) is 89.2 cm³/mol. The van der Waals surface area contributed by atoms with Gasteiger partial charge in [0.1, 0.15) is 0 Å². The first-order valence-corrected chi connectivity index (χ1v) is 9.44. The zero-order valence-corrected chi connectivity index (χ0v) is 14.4. The van der Waals surface area contributed by atoms with Gasteiger partial charge in [-0.3, -0.25) is 0 Å². The van der Waals surface area contributed by atoms with Crippen LogP contribution in [0.3, 0.4) is 0 Å². The molecule has 1 aromatic rings. The highest BCUT2D eigenvalue weighted by atomic mass is 32.2. The van der Waals surface area contributed by atoms with E-state index in [2.05, 4.69) is 6.08 Å². The summed E-state index contributed by atoms with van der Waals surface area (Å²) < 4.78 is 41.2. The smallest absolute Gasteiger partial charge is 0.212 e. The second kappa shape index (κ2) is 6.21. The minimum Gasteiger partial charge on any atom is -0.212 e. The average Bonchev–Trinajstić information content (AvgIpc) is 2.54. The molecule has 0 bridgehead atoms. The number of hydrogen-bond donors (Lipinski definition) is 0. The van der Waals surface area contributed by atoms with Crippen molar-refractivity contribution < 1.29 is 12.8 Å². The summed E-state index contributed by atoms with van der Waals surface area (Å²) in [6.45, 7) is 3.88. The van der Waals surface area contributed by atoms with Crippen LogP contribution in [0.1, 0.15) is 31.7 Å². The minimum atomic E-state index is -3.60. The van der Waals surface area contributed by atoms with Gasteiger partial charge in [0.2, 0.25) is 10.0 Å². The summed E-state index contributed by atoms with van der Waals surface area (Å²) >= 11 is 0. The SMILES string of the molecule is C/C(F)=C1/CN(S(=O)(=O)c2ccc(C)cc2)CC2=CCCCC21. The van der Waals surface area contributed by atoms with Gasteiger partial charge in [-0.1, -0.05) is 29.3 Å².